The maximum Gasteiger partial charge on any atom is 0.274 e. The molecule has 1 aliphatic heterocycles. The zero-order chi connectivity index (χ0) is 20.2. The standard InChI is InChI=1S/C22H21N5O2/c23-21(28)16-8-6-15(7-9-16)18-4-1-5-19(26-18)17-3-2-12-27(14-17)22(29)20-13-24-10-11-25-20/h1,4-11,13,17H,2-3,12,14H2,(H2,23,28). The first-order valence-corrected chi connectivity index (χ1v) is 9.54. The normalized spacial score (nSPS) is 16.4. The van der Waals surface area contributed by atoms with Gasteiger partial charge in [-0.05, 0) is 37.1 Å². The molecule has 3 heterocycles. The number of carbonyl (C=O) groups excluding carboxylic acids is 2. The number of piperidine rings is 1. The monoisotopic (exact) mass is 387 g/mol. The highest BCUT2D eigenvalue weighted by Crippen LogP contribution is 2.28. The van der Waals surface area contributed by atoms with Crippen LogP contribution in [0.2, 0.25) is 0 Å². The molecular formula is C22H21N5O2. The van der Waals surface area contributed by atoms with E-state index in [2.05, 4.69) is 9.97 Å². The molecule has 2 N–H and O–H groups in total. The summed E-state index contributed by atoms with van der Waals surface area (Å²) < 4.78 is 0. The second kappa shape index (κ2) is 8.18. The molecule has 1 aliphatic rings. The molecule has 1 atom stereocenters. The average molecular weight is 387 g/mol. The van der Waals surface area contributed by atoms with E-state index in [1.54, 1.807) is 18.3 Å². The minimum Gasteiger partial charge on any atom is -0.366 e. The number of nitrogens with zero attached hydrogens (tertiary/aromatic N) is 4. The van der Waals surface area contributed by atoms with Crippen LogP contribution >= 0.6 is 0 Å². The van der Waals surface area contributed by atoms with Gasteiger partial charge in [-0.3, -0.25) is 19.6 Å². The summed E-state index contributed by atoms with van der Waals surface area (Å²) >= 11 is 0. The van der Waals surface area contributed by atoms with Crippen LogP contribution in [0.1, 0.15) is 45.3 Å². The Morgan fingerprint density at radius 2 is 1.90 bits per heavy atom. The van der Waals surface area contributed by atoms with Gasteiger partial charge < -0.3 is 10.6 Å². The van der Waals surface area contributed by atoms with Crippen molar-refractivity contribution in [3.63, 3.8) is 0 Å². The zero-order valence-electron chi connectivity index (χ0n) is 15.9. The van der Waals surface area contributed by atoms with Gasteiger partial charge in [0.2, 0.25) is 5.91 Å². The molecule has 0 spiro atoms. The van der Waals surface area contributed by atoms with Crippen LogP contribution in [-0.2, 0) is 0 Å². The summed E-state index contributed by atoms with van der Waals surface area (Å²) in [6.07, 6.45) is 6.47. The Kier molecular flexibility index (Phi) is 5.29. The first-order chi connectivity index (χ1) is 14.1. The highest BCUT2D eigenvalue weighted by Gasteiger charge is 2.27. The SMILES string of the molecule is NC(=O)c1ccc(-c2cccc(C3CCCN(C(=O)c4cnccn4)C3)n2)cc1. The smallest absolute Gasteiger partial charge is 0.274 e. The molecule has 0 aliphatic carbocycles. The fourth-order valence-corrected chi connectivity index (χ4v) is 3.62. The Hall–Kier alpha value is -3.61. The highest BCUT2D eigenvalue weighted by atomic mass is 16.2. The summed E-state index contributed by atoms with van der Waals surface area (Å²) in [5.74, 6) is -0.386. The first-order valence-electron chi connectivity index (χ1n) is 9.54. The van der Waals surface area contributed by atoms with Gasteiger partial charge in [-0.25, -0.2) is 4.98 Å². The van der Waals surface area contributed by atoms with Gasteiger partial charge in [0, 0.05) is 48.2 Å². The average Bonchev–Trinajstić information content (AvgIpc) is 2.79. The lowest BCUT2D eigenvalue weighted by molar-refractivity contribution is 0.0699. The van der Waals surface area contributed by atoms with Gasteiger partial charge >= 0.3 is 0 Å². The molecule has 1 fully saturated rings. The van der Waals surface area contributed by atoms with E-state index >= 15 is 0 Å². The van der Waals surface area contributed by atoms with E-state index in [0.717, 1.165) is 29.8 Å². The van der Waals surface area contributed by atoms with Crippen molar-refractivity contribution in [3.05, 3.63) is 78.0 Å². The number of aromatic nitrogens is 3. The van der Waals surface area contributed by atoms with Crippen LogP contribution in [0.3, 0.4) is 0 Å². The van der Waals surface area contributed by atoms with E-state index < -0.39 is 5.91 Å². The van der Waals surface area contributed by atoms with E-state index in [1.165, 1.54) is 12.4 Å². The van der Waals surface area contributed by atoms with Crippen LogP contribution in [0, 0.1) is 0 Å². The molecule has 0 saturated carbocycles. The summed E-state index contributed by atoms with van der Waals surface area (Å²) in [7, 11) is 0. The summed E-state index contributed by atoms with van der Waals surface area (Å²) in [5.41, 5.74) is 8.84. The number of benzene rings is 1. The van der Waals surface area contributed by atoms with Crippen molar-refractivity contribution in [3.8, 4) is 11.3 Å². The third-order valence-electron chi connectivity index (χ3n) is 5.14. The van der Waals surface area contributed by atoms with Gasteiger partial charge in [-0.15, -0.1) is 0 Å². The molecule has 3 aromatic rings. The van der Waals surface area contributed by atoms with E-state index in [9.17, 15) is 9.59 Å². The Labute approximate surface area is 168 Å². The molecule has 0 bridgehead atoms. The topological polar surface area (TPSA) is 102 Å². The number of hydrogen-bond donors (Lipinski definition) is 1. The number of hydrogen-bond acceptors (Lipinski definition) is 5. The second-order valence-corrected chi connectivity index (χ2v) is 7.07. The number of nitrogens with two attached hydrogens (primary N) is 1. The van der Waals surface area contributed by atoms with Crippen LogP contribution in [-0.4, -0.2) is 44.8 Å². The first kappa shape index (κ1) is 18.7. The van der Waals surface area contributed by atoms with Crippen molar-refractivity contribution < 1.29 is 9.59 Å². The summed E-state index contributed by atoms with van der Waals surface area (Å²) in [6.45, 7) is 1.31. The third-order valence-corrected chi connectivity index (χ3v) is 5.14. The Balaban J connectivity index is 1.53. The molecule has 1 aromatic carbocycles. The lowest BCUT2D eigenvalue weighted by atomic mass is 9.93. The van der Waals surface area contributed by atoms with Crippen LogP contribution in [0.5, 0.6) is 0 Å². The Morgan fingerprint density at radius 3 is 2.62 bits per heavy atom. The molecule has 2 amide bonds. The lowest BCUT2D eigenvalue weighted by Crippen LogP contribution is -2.39. The second-order valence-electron chi connectivity index (χ2n) is 7.07. The minimum atomic E-state index is -0.451. The van der Waals surface area contributed by atoms with Gasteiger partial charge in [-0.2, -0.15) is 0 Å². The van der Waals surface area contributed by atoms with Gasteiger partial charge in [0.1, 0.15) is 5.69 Å². The number of amides is 2. The van der Waals surface area contributed by atoms with Crippen molar-refractivity contribution in [1.82, 2.24) is 19.9 Å². The van der Waals surface area contributed by atoms with Crippen molar-refractivity contribution >= 4 is 11.8 Å². The van der Waals surface area contributed by atoms with E-state index in [4.69, 9.17) is 10.7 Å². The largest absolute Gasteiger partial charge is 0.366 e. The van der Waals surface area contributed by atoms with Gasteiger partial charge in [0.25, 0.3) is 5.91 Å². The predicted octanol–water partition coefficient (Wildman–Crippen LogP) is 2.66. The quantitative estimate of drug-likeness (QED) is 0.741. The summed E-state index contributed by atoms with van der Waals surface area (Å²) in [6, 6.07) is 13.0. The lowest BCUT2D eigenvalue weighted by Gasteiger charge is -2.32. The van der Waals surface area contributed by atoms with E-state index in [1.807, 2.05) is 35.2 Å². The Bertz CT molecular complexity index is 1020. The zero-order valence-corrected chi connectivity index (χ0v) is 15.9. The van der Waals surface area contributed by atoms with Gasteiger partial charge in [-0.1, -0.05) is 18.2 Å². The number of pyridine rings is 1. The predicted molar refractivity (Wildman–Crippen MR) is 108 cm³/mol. The number of likely N-dealkylation sites (tertiary alicyclic amines) is 1. The van der Waals surface area contributed by atoms with Crippen molar-refractivity contribution in [2.45, 2.75) is 18.8 Å². The third kappa shape index (κ3) is 4.13. The molecule has 0 radical (unpaired) electrons. The fourth-order valence-electron chi connectivity index (χ4n) is 3.62. The molecule has 1 saturated heterocycles. The highest BCUT2D eigenvalue weighted by molar-refractivity contribution is 5.93. The molecule has 7 nitrogen and oxygen atoms in total. The minimum absolute atomic E-state index is 0.0963. The number of primary amides is 1. The van der Waals surface area contributed by atoms with Crippen molar-refractivity contribution in [2.24, 2.45) is 5.73 Å². The molecule has 146 valence electrons. The Morgan fingerprint density at radius 1 is 1.07 bits per heavy atom. The molecule has 2 aromatic heterocycles. The number of rotatable bonds is 4. The van der Waals surface area contributed by atoms with Crippen LogP contribution in [0.25, 0.3) is 11.3 Å². The summed E-state index contributed by atoms with van der Waals surface area (Å²) in [5, 5.41) is 0. The van der Waals surface area contributed by atoms with Crippen LogP contribution < -0.4 is 5.73 Å². The van der Waals surface area contributed by atoms with E-state index in [-0.39, 0.29) is 11.8 Å². The van der Waals surface area contributed by atoms with Gasteiger partial charge in [0.15, 0.2) is 0 Å². The van der Waals surface area contributed by atoms with Crippen molar-refractivity contribution in [1.29, 1.82) is 0 Å². The van der Waals surface area contributed by atoms with Gasteiger partial charge in [0.05, 0.1) is 11.9 Å². The maximum atomic E-state index is 12.7. The number of carbonyl (C=O) groups is 2. The molecule has 7 heteroatoms. The maximum absolute atomic E-state index is 12.7. The van der Waals surface area contributed by atoms with Crippen LogP contribution in [0.4, 0.5) is 0 Å². The molecule has 4 rings (SSSR count). The molecule has 29 heavy (non-hydrogen) atoms. The van der Waals surface area contributed by atoms with Crippen molar-refractivity contribution in [2.75, 3.05) is 13.1 Å². The van der Waals surface area contributed by atoms with E-state index in [0.29, 0.717) is 24.3 Å². The fraction of sp³-hybridized carbons (Fsp3) is 0.227. The molecule has 1 unspecified atom stereocenters. The van der Waals surface area contributed by atoms with Crippen LogP contribution in [0.15, 0.2) is 61.1 Å². The summed E-state index contributed by atoms with van der Waals surface area (Å²) in [4.78, 5) is 38.7. The molecular weight excluding hydrogens is 366 g/mol.